The van der Waals surface area contributed by atoms with Crippen LogP contribution in [0, 0.1) is 11.6 Å². The maximum absolute atomic E-state index is 13.8. The lowest BCUT2D eigenvalue weighted by molar-refractivity contribution is 0.122. The molecule has 0 bridgehead atoms. The summed E-state index contributed by atoms with van der Waals surface area (Å²) in [6, 6.07) is 1.60. The van der Waals surface area contributed by atoms with Gasteiger partial charge in [0.1, 0.15) is 10.7 Å². The van der Waals surface area contributed by atoms with Gasteiger partial charge in [-0.1, -0.05) is 0 Å². The smallest absolute Gasteiger partial charge is 0.243 e. The van der Waals surface area contributed by atoms with E-state index in [2.05, 4.69) is 4.72 Å². The molecule has 5 nitrogen and oxygen atoms in total. The van der Waals surface area contributed by atoms with Crippen molar-refractivity contribution >= 4 is 10.0 Å². The lowest BCUT2D eigenvalue weighted by Gasteiger charge is -2.13. The van der Waals surface area contributed by atoms with Crippen molar-refractivity contribution in [2.45, 2.75) is 24.5 Å². The van der Waals surface area contributed by atoms with Crippen molar-refractivity contribution in [3.63, 3.8) is 0 Å². The fourth-order valence-corrected chi connectivity index (χ4v) is 2.53. The van der Waals surface area contributed by atoms with Crippen molar-refractivity contribution in [3.8, 4) is 0 Å². The summed E-state index contributed by atoms with van der Waals surface area (Å²) in [4.78, 5) is -0.707. The molecule has 0 aromatic heterocycles. The van der Waals surface area contributed by atoms with E-state index in [0.717, 1.165) is 12.1 Å². The van der Waals surface area contributed by atoms with E-state index < -0.39 is 44.8 Å². The first-order chi connectivity index (χ1) is 8.83. The van der Waals surface area contributed by atoms with Gasteiger partial charge in [0.15, 0.2) is 5.82 Å². The summed E-state index contributed by atoms with van der Waals surface area (Å²) >= 11 is 0. The fraction of sp³-hybridized carbons (Fsp3) is 0.455. The molecule has 1 aromatic rings. The molecule has 0 saturated carbocycles. The van der Waals surface area contributed by atoms with Crippen LogP contribution >= 0.6 is 0 Å². The van der Waals surface area contributed by atoms with Gasteiger partial charge in [-0.05, 0) is 19.1 Å². The standard InChI is InChI=1S/C11H15F2NO4S/c1-7(18-2)5-14-19(16,17)10-4-3-9(12)8(6-15)11(10)13/h3-4,7,14-15H,5-6H2,1-2H3. The largest absolute Gasteiger partial charge is 0.391 e. The topological polar surface area (TPSA) is 75.6 Å². The van der Waals surface area contributed by atoms with Crippen molar-refractivity contribution in [2.75, 3.05) is 13.7 Å². The first kappa shape index (κ1) is 16.0. The summed E-state index contributed by atoms with van der Waals surface area (Å²) in [6.07, 6.45) is -0.393. The highest BCUT2D eigenvalue weighted by Gasteiger charge is 2.23. The third-order valence-corrected chi connectivity index (χ3v) is 4.00. The number of hydrogen-bond donors (Lipinski definition) is 2. The highest BCUT2D eigenvalue weighted by Crippen LogP contribution is 2.20. The van der Waals surface area contributed by atoms with Crippen LogP contribution in [0.25, 0.3) is 0 Å². The van der Waals surface area contributed by atoms with Gasteiger partial charge in [-0.15, -0.1) is 0 Å². The molecule has 0 heterocycles. The molecule has 0 radical (unpaired) electrons. The minimum atomic E-state index is -4.13. The first-order valence-electron chi connectivity index (χ1n) is 5.43. The second-order valence-electron chi connectivity index (χ2n) is 3.89. The second-order valence-corrected chi connectivity index (χ2v) is 5.63. The minimum Gasteiger partial charge on any atom is -0.391 e. The number of aliphatic hydroxyl groups excluding tert-OH is 1. The molecule has 1 rings (SSSR count). The Balaban J connectivity index is 3.09. The van der Waals surface area contributed by atoms with E-state index in [-0.39, 0.29) is 6.54 Å². The number of ether oxygens (including phenoxy) is 1. The average Bonchev–Trinajstić information content (AvgIpc) is 2.36. The summed E-state index contributed by atoms with van der Waals surface area (Å²) < 4.78 is 57.6. The van der Waals surface area contributed by atoms with E-state index >= 15 is 0 Å². The van der Waals surface area contributed by atoms with Crippen LogP contribution in [-0.4, -0.2) is 33.3 Å². The van der Waals surface area contributed by atoms with Gasteiger partial charge in [0.2, 0.25) is 10.0 Å². The van der Waals surface area contributed by atoms with E-state index in [4.69, 9.17) is 9.84 Å². The van der Waals surface area contributed by atoms with Crippen LogP contribution in [0.15, 0.2) is 17.0 Å². The molecule has 108 valence electrons. The Morgan fingerprint density at radius 3 is 2.58 bits per heavy atom. The number of aliphatic hydroxyl groups is 1. The van der Waals surface area contributed by atoms with E-state index in [1.165, 1.54) is 7.11 Å². The number of halogens is 2. The molecule has 0 saturated heterocycles. The summed E-state index contributed by atoms with van der Waals surface area (Å²) in [5, 5.41) is 8.83. The van der Waals surface area contributed by atoms with Crippen LogP contribution in [-0.2, 0) is 21.4 Å². The quantitative estimate of drug-likeness (QED) is 0.813. The Hall–Kier alpha value is -1.09. The van der Waals surface area contributed by atoms with Gasteiger partial charge >= 0.3 is 0 Å². The number of hydrogen-bond acceptors (Lipinski definition) is 4. The minimum absolute atomic E-state index is 0.0515. The molecule has 1 unspecified atom stereocenters. The normalized spacial score (nSPS) is 13.5. The van der Waals surface area contributed by atoms with Crippen molar-refractivity contribution in [1.29, 1.82) is 0 Å². The van der Waals surface area contributed by atoms with E-state index in [1.54, 1.807) is 6.92 Å². The molecule has 0 fully saturated rings. The molecule has 0 aliphatic rings. The molecule has 0 aliphatic heterocycles. The molecule has 0 aliphatic carbocycles. The molecular weight excluding hydrogens is 280 g/mol. The van der Waals surface area contributed by atoms with Gasteiger partial charge in [-0.25, -0.2) is 21.9 Å². The molecule has 0 spiro atoms. The fourth-order valence-electron chi connectivity index (χ4n) is 1.32. The van der Waals surface area contributed by atoms with Crippen LogP contribution in [0.1, 0.15) is 12.5 Å². The summed E-state index contributed by atoms with van der Waals surface area (Å²) in [7, 11) is -2.72. The maximum Gasteiger partial charge on any atom is 0.243 e. The summed E-state index contributed by atoms with van der Waals surface area (Å²) in [5.41, 5.74) is -0.678. The summed E-state index contributed by atoms with van der Waals surface area (Å²) in [5.74, 6) is -2.29. The Morgan fingerprint density at radius 2 is 2.05 bits per heavy atom. The summed E-state index contributed by atoms with van der Waals surface area (Å²) in [6.45, 7) is 0.655. The maximum atomic E-state index is 13.8. The van der Waals surface area contributed by atoms with Gasteiger partial charge < -0.3 is 9.84 Å². The van der Waals surface area contributed by atoms with Crippen LogP contribution in [0.2, 0.25) is 0 Å². The van der Waals surface area contributed by atoms with Crippen molar-refractivity contribution in [1.82, 2.24) is 4.72 Å². The molecule has 1 atom stereocenters. The van der Waals surface area contributed by atoms with E-state index in [1.807, 2.05) is 0 Å². The molecule has 8 heteroatoms. The van der Waals surface area contributed by atoms with Gasteiger partial charge in [0, 0.05) is 13.7 Å². The third kappa shape index (κ3) is 3.69. The molecular formula is C11H15F2NO4S. The number of nitrogens with one attached hydrogen (secondary N) is 1. The van der Waals surface area contributed by atoms with Crippen LogP contribution < -0.4 is 4.72 Å². The predicted octanol–water partition coefficient (Wildman–Crippen LogP) is 0.770. The van der Waals surface area contributed by atoms with Gasteiger partial charge in [0.25, 0.3) is 0 Å². The number of methoxy groups -OCH3 is 1. The molecule has 0 amide bonds. The Bertz CT molecular complexity index is 548. The number of rotatable bonds is 6. The monoisotopic (exact) mass is 295 g/mol. The number of sulfonamides is 1. The zero-order chi connectivity index (χ0) is 14.6. The average molecular weight is 295 g/mol. The van der Waals surface area contributed by atoms with Gasteiger partial charge in [-0.3, -0.25) is 0 Å². The van der Waals surface area contributed by atoms with E-state index in [9.17, 15) is 17.2 Å². The third-order valence-electron chi connectivity index (χ3n) is 2.56. The van der Waals surface area contributed by atoms with E-state index in [0.29, 0.717) is 0 Å². The highest BCUT2D eigenvalue weighted by atomic mass is 32.2. The molecule has 1 aromatic carbocycles. The lowest BCUT2D eigenvalue weighted by Crippen LogP contribution is -2.32. The van der Waals surface area contributed by atoms with Crippen LogP contribution in [0.5, 0.6) is 0 Å². The zero-order valence-electron chi connectivity index (χ0n) is 10.5. The zero-order valence-corrected chi connectivity index (χ0v) is 11.3. The van der Waals surface area contributed by atoms with Crippen molar-refractivity contribution in [3.05, 3.63) is 29.3 Å². The Kier molecular flexibility index (Phi) is 5.36. The molecule has 19 heavy (non-hydrogen) atoms. The second kappa shape index (κ2) is 6.38. The van der Waals surface area contributed by atoms with Crippen LogP contribution in [0.4, 0.5) is 8.78 Å². The first-order valence-corrected chi connectivity index (χ1v) is 6.92. The van der Waals surface area contributed by atoms with Gasteiger partial charge in [-0.2, -0.15) is 0 Å². The van der Waals surface area contributed by atoms with Gasteiger partial charge in [0.05, 0.1) is 18.3 Å². The molecule has 2 N–H and O–H groups in total. The highest BCUT2D eigenvalue weighted by molar-refractivity contribution is 7.89. The van der Waals surface area contributed by atoms with Crippen molar-refractivity contribution < 1.29 is 27.0 Å². The Morgan fingerprint density at radius 1 is 1.42 bits per heavy atom. The SMILES string of the molecule is COC(C)CNS(=O)(=O)c1ccc(F)c(CO)c1F. The van der Waals surface area contributed by atoms with Crippen LogP contribution in [0.3, 0.4) is 0 Å². The Labute approximate surface area is 110 Å². The number of benzene rings is 1. The lowest BCUT2D eigenvalue weighted by atomic mass is 10.2. The van der Waals surface area contributed by atoms with Crippen molar-refractivity contribution in [2.24, 2.45) is 0 Å². The predicted molar refractivity (Wildman–Crippen MR) is 63.9 cm³/mol.